The van der Waals surface area contributed by atoms with Gasteiger partial charge in [0, 0.05) is 19.2 Å². The lowest BCUT2D eigenvalue weighted by Gasteiger charge is -2.29. The lowest BCUT2D eigenvalue weighted by Crippen LogP contribution is -2.39. The molecule has 0 atom stereocenters. The molecule has 1 heterocycles. The zero-order chi connectivity index (χ0) is 15.2. The monoisotopic (exact) mass is 289 g/mol. The summed E-state index contributed by atoms with van der Waals surface area (Å²) < 4.78 is 5.13. The molecule has 112 valence electrons. The van der Waals surface area contributed by atoms with Crippen LogP contribution in [0.15, 0.2) is 30.3 Å². The Hall–Kier alpha value is -2.30. The first kappa shape index (κ1) is 15.1. The number of amides is 1. The first-order valence-corrected chi connectivity index (χ1v) is 6.94. The molecule has 5 heteroatoms. The summed E-state index contributed by atoms with van der Waals surface area (Å²) in [5.74, 6) is -0.432. The number of carboxylic acids is 1. The Morgan fingerprint density at radius 3 is 2.67 bits per heavy atom. The molecule has 1 saturated heterocycles. The van der Waals surface area contributed by atoms with Gasteiger partial charge < -0.3 is 14.7 Å². The number of piperidine rings is 1. The molecular formula is C16H19NO4. The first-order chi connectivity index (χ1) is 10.1. The highest BCUT2D eigenvalue weighted by atomic mass is 16.5. The van der Waals surface area contributed by atoms with Crippen molar-refractivity contribution in [2.75, 3.05) is 20.2 Å². The van der Waals surface area contributed by atoms with Gasteiger partial charge in [-0.1, -0.05) is 12.1 Å². The van der Waals surface area contributed by atoms with Crippen LogP contribution in [0.4, 0.5) is 0 Å². The van der Waals surface area contributed by atoms with Crippen molar-refractivity contribution in [2.45, 2.75) is 12.8 Å². The van der Waals surface area contributed by atoms with Crippen molar-refractivity contribution >= 4 is 18.0 Å². The van der Waals surface area contributed by atoms with Gasteiger partial charge in [-0.3, -0.25) is 9.59 Å². The van der Waals surface area contributed by atoms with Gasteiger partial charge in [0.1, 0.15) is 5.75 Å². The van der Waals surface area contributed by atoms with E-state index < -0.39 is 5.97 Å². The Kier molecular flexibility index (Phi) is 4.98. The molecule has 0 bridgehead atoms. The molecule has 5 nitrogen and oxygen atoms in total. The van der Waals surface area contributed by atoms with Crippen molar-refractivity contribution < 1.29 is 19.4 Å². The summed E-state index contributed by atoms with van der Waals surface area (Å²) in [6, 6.07) is 7.45. The van der Waals surface area contributed by atoms with Crippen LogP contribution in [0.2, 0.25) is 0 Å². The van der Waals surface area contributed by atoms with Crippen molar-refractivity contribution in [1.82, 2.24) is 4.90 Å². The predicted molar refractivity (Wildman–Crippen MR) is 79.0 cm³/mol. The summed E-state index contributed by atoms with van der Waals surface area (Å²) in [5, 5.41) is 8.94. The minimum Gasteiger partial charge on any atom is -0.497 e. The van der Waals surface area contributed by atoms with Crippen LogP contribution >= 0.6 is 0 Å². The maximum Gasteiger partial charge on any atom is 0.306 e. The molecule has 1 amide bonds. The lowest BCUT2D eigenvalue weighted by molar-refractivity contribution is -0.144. The van der Waals surface area contributed by atoms with Gasteiger partial charge in [-0.15, -0.1) is 0 Å². The molecule has 1 aromatic rings. The fourth-order valence-corrected chi connectivity index (χ4v) is 2.36. The largest absolute Gasteiger partial charge is 0.497 e. The molecule has 0 spiro atoms. The second-order valence-corrected chi connectivity index (χ2v) is 5.05. The minimum absolute atomic E-state index is 0.0818. The fourth-order valence-electron chi connectivity index (χ4n) is 2.36. The van der Waals surface area contributed by atoms with E-state index in [9.17, 15) is 9.59 Å². The van der Waals surface area contributed by atoms with Crippen LogP contribution in [-0.4, -0.2) is 42.1 Å². The zero-order valence-corrected chi connectivity index (χ0v) is 12.0. The second kappa shape index (κ2) is 6.92. The van der Waals surface area contributed by atoms with E-state index in [2.05, 4.69) is 0 Å². The molecule has 0 aromatic heterocycles. The van der Waals surface area contributed by atoms with Crippen LogP contribution in [-0.2, 0) is 9.59 Å². The zero-order valence-electron chi connectivity index (χ0n) is 12.0. The number of hydrogen-bond acceptors (Lipinski definition) is 3. The number of carboxylic acid groups (broad SMARTS) is 1. The number of rotatable bonds is 4. The smallest absolute Gasteiger partial charge is 0.306 e. The molecule has 1 aliphatic rings. The number of ether oxygens (including phenoxy) is 1. The van der Waals surface area contributed by atoms with E-state index in [0.717, 1.165) is 11.3 Å². The van der Waals surface area contributed by atoms with Gasteiger partial charge >= 0.3 is 5.97 Å². The van der Waals surface area contributed by atoms with Crippen LogP contribution in [0.3, 0.4) is 0 Å². The van der Waals surface area contributed by atoms with Gasteiger partial charge in [-0.05, 0) is 36.6 Å². The van der Waals surface area contributed by atoms with Gasteiger partial charge in [0.05, 0.1) is 13.0 Å². The van der Waals surface area contributed by atoms with Crippen molar-refractivity contribution in [2.24, 2.45) is 5.92 Å². The van der Waals surface area contributed by atoms with E-state index in [4.69, 9.17) is 9.84 Å². The minimum atomic E-state index is -0.769. The van der Waals surface area contributed by atoms with E-state index >= 15 is 0 Å². The molecule has 2 rings (SSSR count). The third kappa shape index (κ3) is 4.08. The van der Waals surface area contributed by atoms with Gasteiger partial charge in [0.15, 0.2) is 0 Å². The Morgan fingerprint density at radius 1 is 1.33 bits per heavy atom. The quantitative estimate of drug-likeness (QED) is 0.861. The van der Waals surface area contributed by atoms with Crippen molar-refractivity contribution in [3.05, 3.63) is 35.9 Å². The Morgan fingerprint density at radius 2 is 2.05 bits per heavy atom. The van der Waals surface area contributed by atoms with Crippen LogP contribution in [0, 0.1) is 5.92 Å². The highest BCUT2D eigenvalue weighted by molar-refractivity contribution is 5.92. The van der Waals surface area contributed by atoms with Crippen molar-refractivity contribution in [3.63, 3.8) is 0 Å². The number of carbonyl (C=O) groups is 2. The molecule has 0 saturated carbocycles. The SMILES string of the molecule is COc1cccc(/C=C/C(=O)N2CCC(C(=O)O)CC2)c1. The summed E-state index contributed by atoms with van der Waals surface area (Å²) in [4.78, 5) is 24.6. The number of nitrogens with zero attached hydrogens (tertiary/aromatic N) is 1. The van der Waals surface area contributed by atoms with E-state index in [1.165, 1.54) is 6.08 Å². The number of carbonyl (C=O) groups excluding carboxylic acids is 1. The highest BCUT2D eigenvalue weighted by Gasteiger charge is 2.25. The topological polar surface area (TPSA) is 66.8 Å². The molecule has 1 N–H and O–H groups in total. The van der Waals surface area contributed by atoms with E-state index in [1.54, 1.807) is 18.1 Å². The molecule has 21 heavy (non-hydrogen) atoms. The third-order valence-electron chi connectivity index (χ3n) is 3.67. The van der Waals surface area contributed by atoms with Crippen LogP contribution < -0.4 is 4.74 Å². The van der Waals surface area contributed by atoms with Crippen molar-refractivity contribution in [3.8, 4) is 5.75 Å². The summed E-state index contributed by atoms with van der Waals surface area (Å²) in [6.45, 7) is 0.997. The van der Waals surface area contributed by atoms with E-state index in [1.807, 2.05) is 24.3 Å². The normalized spacial score (nSPS) is 16.1. The molecule has 0 aliphatic carbocycles. The van der Waals surface area contributed by atoms with E-state index in [0.29, 0.717) is 25.9 Å². The molecule has 1 aliphatic heterocycles. The molecule has 1 aromatic carbocycles. The van der Waals surface area contributed by atoms with Crippen LogP contribution in [0.1, 0.15) is 18.4 Å². The second-order valence-electron chi connectivity index (χ2n) is 5.05. The maximum atomic E-state index is 12.1. The average molecular weight is 289 g/mol. The summed E-state index contributed by atoms with van der Waals surface area (Å²) in [5.41, 5.74) is 0.892. The summed E-state index contributed by atoms with van der Waals surface area (Å²) in [6.07, 6.45) is 4.31. The predicted octanol–water partition coefficient (Wildman–Crippen LogP) is 2.03. The fraction of sp³-hybridized carbons (Fsp3) is 0.375. The number of hydrogen-bond donors (Lipinski definition) is 1. The average Bonchev–Trinajstić information content (AvgIpc) is 2.53. The van der Waals surface area contributed by atoms with Crippen molar-refractivity contribution in [1.29, 1.82) is 0 Å². The maximum absolute atomic E-state index is 12.1. The van der Waals surface area contributed by atoms with Gasteiger partial charge in [0.25, 0.3) is 0 Å². The molecule has 0 unspecified atom stereocenters. The van der Waals surface area contributed by atoms with Crippen LogP contribution in [0.25, 0.3) is 6.08 Å². The Bertz CT molecular complexity index is 545. The van der Waals surface area contributed by atoms with Gasteiger partial charge in [-0.25, -0.2) is 0 Å². The molecule has 0 radical (unpaired) electrons. The lowest BCUT2D eigenvalue weighted by atomic mass is 9.97. The third-order valence-corrected chi connectivity index (χ3v) is 3.67. The number of aliphatic carboxylic acids is 1. The molecular weight excluding hydrogens is 270 g/mol. The van der Waals surface area contributed by atoms with Gasteiger partial charge in [-0.2, -0.15) is 0 Å². The number of benzene rings is 1. The Balaban J connectivity index is 1.92. The number of methoxy groups -OCH3 is 1. The van der Waals surface area contributed by atoms with Gasteiger partial charge in [0.2, 0.25) is 5.91 Å². The highest BCUT2D eigenvalue weighted by Crippen LogP contribution is 2.18. The molecule has 1 fully saturated rings. The van der Waals surface area contributed by atoms with Crippen LogP contribution in [0.5, 0.6) is 5.75 Å². The summed E-state index contributed by atoms with van der Waals surface area (Å²) in [7, 11) is 1.60. The first-order valence-electron chi connectivity index (χ1n) is 6.94. The summed E-state index contributed by atoms with van der Waals surface area (Å²) >= 11 is 0. The van der Waals surface area contributed by atoms with E-state index in [-0.39, 0.29) is 11.8 Å². The Labute approximate surface area is 123 Å². The standard InChI is InChI=1S/C16H19NO4/c1-21-14-4-2-3-12(11-14)5-6-15(18)17-9-7-13(8-10-17)16(19)20/h2-6,11,13H,7-10H2,1H3,(H,19,20)/b6-5+. The number of likely N-dealkylation sites (tertiary alicyclic amines) is 1.